The van der Waals surface area contributed by atoms with Crippen molar-refractivity contribution in [2.24, 2.45) is 5.10 Å². The average molecular weight is 355 g/mol. The van der Waals surface area contributed by atoms with E-state index < -0.39 is 11.8 Å². The lowest BCUT2D eigenvalue weighted by molar-refractivity contribution is -0.136. The van der Waals surface area contributed by atoms with E-state index >= 15 is 0 Å². The van der Waals surface area contributed by atoms with Crippen LogP contribution in [0.3, 0.4) is 0 Å². The molecular formula is C19H21N3O4. The van der Waals surface area contributed by atoms with Crippen LogP contribution in [0, 0.1) is 0 Å². The number of hydrogen-bond acceptors (Lipinski definition) is 5. The second kappa shape index (κ2) is 9.83. The van der Waals surface area contributed by atoms with E-state index in [4.69, 9.17) is 9.47 Å². The van der Waals surface area contributed by atoms with Crippen LogP contribution in [0.5, 0.6) is 11.5 Å². The molecule has 0 aliphatic heterocycles. The number of carbonyl (C=O) groups excluding carboxylic acids is 2. The van der Waals surface area contributed by atoms with Crippen LogP contribution in [0.1, 0.15) is 18.9 Å². The zero-order valence-corrected chi connectivity index (χ0v) is 14.7. The Bertz CT molecular complexity index is 773. The van der Waals surface area contributed by atoms with Gasteiger partial charge in [0.25, 0.3) is 0 Å². The third-order valence-corrected chi connectivity index (χ3v) is 3.26. The normalized spacial score (nSPS) is 10.4. The fourth-order valence-electron chi connectivity index (χ4n) is 1.98. The summed E-state index contributed by atoms with van der Waals surface area (Å²) in [4.78, 5) is 23.6. The summed E-state index contributed by atoms with van der Waals surface area (Å²) < 4.78 is 10.5. The highest BCUT2D eigenvalue weighted by atomic mass is 16.5. The highest BCUT2D eigenvalue weighted by molar-refractivity contribution is 6.39. The molecule has 2 aromatic carbocycles. The monoisotopic (exact) mass is 355 g/mol. The van der Waals surface area contributed by atoms with Crippen molar-refractivity contribution in [1.82, 2.24) is 5.43 Å². The molecule has 0 aliphatic carbocycles. The fourth-order valence-corrected chi connectivity index (χ4v) is 1.98. The van der Waals surface area contributed by atoms with Gasteiger partial charge < -0.3 is 14.8 Å². The predicted octanol–water partition coefficient (Wildman–Crippen LogP) is 2.57. The quantitative estimate of drug-likeness (QED) is 0.454. The van der Waals surface area contributed by atoms with Gasteiger partial charge in [-0.05, 0) is 48.4 Å². The molecule has 0 heterocycles. The number of carbonyl (C=O) groups is 2. The van der Waals surface area contributed by atoms with Crippen molar-refractivity contribution in [3.63, 3.8) is 0 Å². The third-order valence-electron chi connectivity index (χ3n) is 3.26. The fraction of sp³-hybridized carbons (Fsp3) is 0.211. The molecule has 2 aromatic rings. The van der Waals surface area contributed by atoms with E-state index in [0.717, 1.165) is 17.7 Å². The molecule has 0 bridgehead atoms. The molecule has 0 aromatic heterocycles. The number of ether oxygens (including phenoxy) is 2. The SMILES string of the molecule is CCCOc1cccc(/C=N\NC(=O)C(=O)Nc2ccc(OC)cc2)c1. The lowest BCUT2D eigenvalue weighted by Crippen LogP contribution is -2.32. The van der Waals surface area contributed by atoms with Gasteiger partial charge in [0.1, 0.15) is 11.5 Å². The Morgan fingerprint density at radius 1 is 1.08 bits per heavy atom. The molecular weight excluding hydrogens is 334 g/mol. The summed E-state index contributed by atoms with van der Waals surface area (Å²) in [6.45, 7) is 2.65. The molecule has 7 heteroatoms. The number of hydrogen-bond donors (Lipinski definition) is 2. The highest BCUT2D eigenvalue weighted by Crippen LogP contribution is 2.15. The van der Waals surface area contributed by atoms with Gasteiger partial charge in [0, 0.05) is 5.69 Å². The summed E-state index contributed by atoms with van der Waals surface area (Å²) in [6.07, 6.45) is 2.36. The first-order valence-corrected chi connectivity index (χ1v) is 8.13. The Morgan fingerprint density at radius 3 is 2.54 bits per heavy atom. The molecule has 26 heavy (non-hydrogen) atoms. The Hall–Kier alpha value is -3.35. The average Bonchev–Trinajstić information content (AvgIpc) is 2.67. The molecule has 0 spiro atoms. The van der Waals surface area contributed by atoms with Gasteiger partial charge in [-0.2, -0.15) is 5.10 Å². The maximum Gasteiger partial charge on any atom is 0.329 e. The standard InChI is InChI=1S/C19H21N3O4/c1-3-11-26-17-6-4-5-14(12-17)13-20-22-19(24)18(23)21-15-7-9-16(25-2)10-8-15/h4-10,12-13H,3,11H2,1-2H3,(H,21,23)(H,22,24)/b20-13-. The van der Waals surface area contributed by atoms with Gasteiger partial charge in [0.05, 0.1) is 19.9 Å². The minimum absolute atomic E-state index is 0.482. The number of rotatable bonds is 7. The molecule has 7 nitrogen and oxygen atoms in total. The van der Waals surface area contributed by atoms with Gasteiger partial charge in [-0.3, -0.25) is 9.59 Å². The maximum atomic E-state index is 11.8. The lowest BCUT2D eigenvalue weighted by Gasteiger charge is -2.05. The maximum absolute atomic E-state index is 11.8. The zero-order chi connectivity index (χ0) is 18.8. The summed E-state index contributed by atoms with van der Waals surface area (Å²) >= 11 is 0. The van der Waals surface area contributed by atoms with E-state index in [1.165, 1.54) is 6.21 Å². The molecule has 2 N–H and O–H groups in total. The highest BCUT2D eigenvalue weighted by Gasteiger charge is 2.12. The second-order valence-electron chi connectivity index (χ2n) is 5.30. The van der Waals surface area contributed by atoms with Crippen molar-refractivity contribution < 1.29 is 19.1 Å². The van der Waals surface area contributed by atoms with E-state index in [1.807, 2.05) is 25.1 Å². The first kappa shape index (κ1) is 19.0. The smallest absolute Gasteiger partial charge is 0.329 e. The molecule has 0 saturated heterocycles. The number of nitrogens with zero attached hydrogens (tertiary/aromatic N) is 1. The summed E-state index contributed by atoms with van der Waals surface area (Å²) in [5.74, 6) is -0.302. The third kappa shape index (κ3) is 5.94. The van der Waals surface area contributed by atoms with Crippen molar-refractivity contribution in [1.29, 1.82) is 0 Å². The Kier molecular flexibility index (Phi) is 7.17. The van der Waals surface area contributed by atoms with Crippen molar-refractivity contribution in [2.75, 3.05) is 19.0 Å². The van der Waals surface area contributed by atoms with Crippen molar-refractivity contribution in [2.45, 2.75) is 13.3 Å². The van der Waals surface area contributed by atoms with Gasteiger partial charge in [0.2, 0.25) is 0 Å². The van der Waals surface area contributed by atoms with Crippen LogP contribution in [0.25, 0.3) is 0 Å². The van der Waals surface area contributed by atoms with E-state index in [9.17, 15) is 9.59 Å². The van der Waals surface area contributed by atoms with Crippen molar-refractivity contribution in [3.8, 4) is 11.5 Å². The minimum Gasteiger partial charge on any atom is -0.497 e. The second-order valence-corrected chi connectivity index (χ2v) is 5.30. The molecule has 2 rings (SSSR count). The molecule has 0 fully saturated rings. The predicted molar refractivity (Wildman–Crippen MR) is 99.6 cm³/mol. The van der Waals surface area contributed by atoms with Gasteiger partial charge in [-0.25, -0.2) is 5.43 Å². The van der Waals surface area contributed by atoms with Gasteiger partial charge >= 0.3 is 11.8 Å². The first-order chi connectivity index (χ1) is 12.6. The molecule has 0 unspecified atom stereocenters. The zero-order valence-electron chi connectivity index (χ0n) is 14.7. The molecule has 136 valence electrons. The topological polar surface area (TPSA) is 89.0 Å². The van der Waals surface area contributed by atoms with Crippen LogP contribution < -0.4 is 20.2 Å². The Balaban J connectivity index is 1.86. The van der Waals surface area contributed by atoms with Crippen LogP contribution in [0.2, 0.25) is 0 Å². The van der Waals surface area contributed by atoms with E-state index in [2.05, 4.69) is 15.8 Å². The van der Waals surface area contributed by atoms with E-state index in [1.54, 1.807) is 37.4 Å². The largest absolute Gasteiger partial charge is 0.497 e. The first-order valence-electron chi connectivity index (χ1n) is 8.13. The number of amides is 2. The number of anilines is 1. The molecule has 2 amide bonds. The van der Waals surface area contributed by atoms with Crippen LogP contribution >= 0.6 is 0 Å². The van der Waals surface area contributed by atoms with Crippen LogP contribution in [0.4, 0.5) is 5.69 Å². The number of benzene rings is 2. The van der Waals surface area contributed by atoms with Crippen LogP contribution in [-0.4, -0.2) is 31.7 Å². The molecule has 0 saturated carbocycles. The summed E-state index contributed by atoms with van der Waals surface area (Å²) in [7, 11) is 1.55. The summed E-state index contributed by atoms with van der Waals surface area (Å²) in [5, 5.41) is 6.27. The van der Waals surface area contributed by atoms with Crippen LogP contribution in [0.15, 0.2) is 53.6 Å². The minimum atomic E-state index is -0.865. The summed E-state index contributed by atoms with van der Waals surface area (Å²) in [5.41, 5.74) is 3.42. The van der Waals surface area contributed by atoms with E-state index in [-0.39, 0.29) is 0 Å². The van der Waals surface area contributed by atoms with Crippen molar-refractivity contribution >= 4 is 23.7 Å². The van der Waals surface area contributed by atoms with E-state index in [0.29, 0.717) is 18.0 Å². The summed E-state index contributed by atoms with van der Waals surface area (Å²) in [6, 6.07) is 13.9. The Labute approximate surface area is 152 Å². The lowest BCUT2D eigenvalue weighted by atomic mass is 10.2. The number of nitrogens with one attached hydrogen (secondary N) is 2. The number of methoxy groups -OCH3 is 1. The van der Waals surface area contributed by atoms with Crippen LogP contribution in [-0.2, 0) is 9.59 Å². The molecule has 0 aliphatic rings. The molecule has 0 radical (unpaired) electrons. The Morgan fingerprint density at radius 2 is 1.85 bits per heavy atom. The van der Waals surface area contributed by atoms with Gasteiger partial charge in [-0.15, -0.1) is 0 Å². The van der Waals surface area contributed by atoms with Crippen molar-refractivity contribution in [3.05, 3.63) is 54.1 Å². The van der Waals surface area contributed by atoms with Gasteiger partial charge in [-0.1, -0.05) is 19.1 Å². The molecule has 0 atom stereocenters. The number of hydrazone groups is 1. The van der Waals surface area contributed by atoms with Gasteiger partial charge in [0.15, 0.2) is 0 Å².